The molecule has 0 bridgehead atoms. The van der Waals surface area contributed by atoms with E-state index in [1.54, 1.807) is 36.5 Å². The molecule has 6 heteroatoms. The minimum absolute atomic E-state index is 0.285. The fraction of sp³-hybridized carbons (Fsp3) is 0.200. The first-order chi connectivity index (χ1) is 10.2. The van der Waals surface area contributed by atoms with Gasteiger partial charge in [-0.3, -0.25) is 4.79 Å². The SMILES string of the molecule is CCOc1ccc(NC(=O)c2ncccc2Br)cc1CCl. The van der Waals surface area contributed by atoms with Crippen molar-refractivity contribution in [3.8, 4) is 5.75 Å². The molecule has 21 heavy (non-hydrogen) atoms. The van der Waals surface area contributed by atoms with Crippen molar-refractivity contribution in [1.29, 1.82) is 0 Å². The Morgan fingerprint density at radius 2 is 2.24 bits per heavy atom. The van der Waals surface area contributed by atoms with Gasteiger partial charge in [0.05, 0.1) is 12.5 Å². The quantitative estimate of drug-likeness (QED) is 0.802. The fourth-order valence-corrected chi connectivity index (χ4v) is 2.44. The summed E-state index contributed by atoms with van der Waals surface area (Å²) in [4.78, 5) is 16.2. The summed E-state index contributed by atoms with van der Waals surface area (Å²) in [5.74, 6) is 0.753. The van der Waals surface area contributed by atoms with Gasteiger partial charge in [0.25, 0.3) is 5.91 Å². The van der Waals surface area contributed by atoms with E-state index in [1.165, 1.54) is 0 Å². The number of carbonyl (C=O) groups is 1. The van der Waals surface area contributed by atoms with Crippen LogP contribution in [0.4, 0.5) is 5.69 Å². The molecule has 1 aromatic carbocycles. The topological polar surface area (TPSA) is 51.2 Å². The summed E-state index contributed by atoms with van der Waals surface area (Å²) in [6.07, 6.45) is 1.57. The molecule has 2 rings (SSSR count). The molecule has 0 aliphatic rings. The Morgan fingerprint density at radius 3 is 2.90 bits per heavy atom. The average molecular weight is 370 g/mol. The Balaban J connectivity index is 2.20. The average Bonchev–Trinajstić information content (AvgIpc) is 2.49. The van der Waals surface area contributed by atoms with Crippen LogP contribution in [0.2, 0.25) is 0 Å². The zero-order valence-corrected chi connectivity index (χ0v) is 13.7. The molecule has 1 amide bonds. The summed E-state index contributed by atoms with van der Waals surface area (Å²) in [5, 5.41) is 2.80. The highest BCUT2D eigenvalue weighted by Gasteiger charge is 2.12. The summed E-state index contributed by atoms with van der Waals surface area (Å²) in [6, 6.07) is 8.89. The van der Waals surface area contributed by atoms with E-state index in [1.807, 2.05) is 6.92 Å². The van der Waals surface area contributed by atoms with Crippen LogP contribution < -0.4 is 10.1 Å². The second kappa shape index (κ2) is 7.43. The summed E-state index contributed by atoms with van der Waals surface area (Å²) >= 11 is 9.21. The monoisotopic (exact) mass is 368 g/mol. The van der Waals surface area contributed by atoms with Crippen molar-refractivity contribution < 1.29 is 9.53 Å². The first-order valence-electron chi connectivity index (χ1n) is 6.39. The number of hydrogen-bond donors (Lipinski definition) is 1. The van der Waals surface area contributed by atoms with Gasteiger partial charge < -0.3 is 10.1 Å². The summed E-state index contributed by atoms with van der Waals surface area (Å²) in [6.45, 7) is 2.47. The van der Waals surface area contributed by atoms with Crippen LogP contribution in [0.3, 0.4) is 0 Å². The predicted octanol–water partition coefficient (Wildman–Crippen LogP) is 4.23. The van der Waals surface area contributed by atoms with Crippen LogP contribution in [0.15, 0.2) is 41.0 Å². The number of ether oxygens (including phenoxy) is 1. The summed E-state index contributed by atoms with van der Waals surface area (Å²) in [5.41, 5.74) is 1.81. The normalized spacial score (nSPS) is 10.2. The number of anilines is 1. The third kappa shape index (κ3) is 3.95. The van der Waals surface area contributed by atoms with Gasteiger partial charge in [-0.1, -0.05) is 0 Å². The number of aromatic nitrogens is 1. The number of pyridine rings is 1. The maximum absolute atomic E-state index is 12.2. The van der Waals surface area contributed by atoms with E-state index in [0.717, 1.165) is 11.3 Å². The van der Waals surface area contributed by atoms with Crippen molar-refractivity contribution >= 4 is 39.1 Å². The molecule has 0 spiro atoms. The van der Waals surface area contributed by atoms with Crippen molar-refractivity contribution in [1.82, 2.24) is 4.98 Å². The standard InChI is InChI=1S/C15H14BrClN2O2/c1-2-21-13-6-5-11(8-10(13)9-17)19-15(20)14-12(16)4-3-7-18-14/h3-8H,2,9H2,1H3,(H,19,20). The zero-order valence-electron chi connectivity index (χ0n) is 11.4. The second-order valence-corrected chi connectivity index (χ2v) is 5.30. The predicted molar refractivity (Wildman–Crippen MR) is 87.1 cm³/mol. The van der Waals surface area contributed by atoms with Crippen molar-refractivity contribution in [2.75, 3.05) is 11.9 Å². The molecular weight excluding hydrogens is 356 g/mol. The molecular formula is C15H14BrClN2O2. The van der Waals surface area contributed by atoms with Gasteiger partial charge in [-0.2, -0.15) is 0 Å². The van der Waals surface area contributed by atoms with E-state index in [0.29, 0.717) is 28.3 Å². The van der Waals surface area contributed by atoms with Crippen LogP contribution in [-0.2, 0) is 5.88 Å². The molecule has 0 aliphatic carbocycles. The largest absolute Gasteiger partial charge is 0.494 e. The number of alkyl halides is 1. The van der Waals surface area contributed by atoms with Crippen molar-refractivity contribution in [3.05, 3.63) is 52.3 Å². The van der Waals surface area contributed by atoms with Crippen molar-refractivity contribution in [2.45, 2.75) is 12.8 Å². The Bertz CT molecular complexity index is 649. The number of rotatable bonds is 5. The highest BCUT2D eigenvalue weighted by Crippen LogP contribution is 2.25. The van der Waals surface area contributed by atoms with Crippen LogP contribution >= 0.6 is 27.5 Å². The number of nitrogens with zero attached hydrogens (tertiary/aromatic N) is 1. The third-order valence-electron chi connectivity index (χ3n) is 2.74. The number of halogens is 2. The number of hydrogen-bond acceptors (Lipinski definition) is 3. The first-order valence-corrected chi connectivity index (χ1v) is 7.72. The van der Waals surface area contributed by atoms with Crippen LogP contribution in [0, 0.1) is 0 Å². The molecule has 1 aromatic heterocycles. The zero-order chi connectivity index (χ0) is 15.2. The van der Waals surface area contributed by atoms with Gasteiger partial charge in [-0.25, -0.2) is 4.98 Å². The smallest absolute Gasteiger partial charge is 0.275 e. The lowest BCUT2D eigenvalue weighted by molar-refractivity contribution is 0.102. The molecule has 4 nitrogen and oxygen atoms in total. The third-order valence-corrected chi connectivity index (χ3v) is 3.66. The second-order valence-electron chi connectivity index (χ2n) is 4.18. The highest BCUT2D eigenvalue weighted by molar-refractivity contribution is 9.10. The van der Waals surface area contributed by atoms with Crippen LogP contribution in [-0.4, -0.2) is 17.5 Å². The molecule has 0 unspecified atom stereocenters. The maximum Gasteiger partial charge on any atom is 0.275 e. The maximum atomic E-state index is 12.2. The van der Waals surface area contributed by atoms with Crippen LogP contribution in [0.1, 0.15) is 23.0 Å². The van der Waals surface area contributed by atoms with E-state index in [-0.39, 0.29) is 5.91 Å². The molecule has 1 heterocycles. The van der Waals surface area contributed by atoms with Crippen molar-refractivity contribution in [3.63, 3.8) is 0 Å². The van der Waals surface area contributed by atoms with Gasteiger partial charge in [0, 0.05) is 21.9 Å². The molecule has 0 atom stereocenters. The van der Waals surface area contributed by atoms with Gasteiger partial charge >= 0.3 is 0 Å². The van der Waals surface area contributed by atoms with Gasteiger partial charge in [0.2, 0.25) is 0 Å². The molecule has 110 valence electrons. The molecule has 0 saturated heterocycles. The molecule has 0 aliphatic heterocycles. The number of nitrogens with one attached hydrogen (secondary N) is 1. The highest BCUT2D eigenvalue weighted by atomic mass is 79.9. The number of carbonyl (C=O) groups excluding carboxylic acids is 1. The molecule has 0 radical (unpaired) electrons. The first kappa shape index (κ1) is 15.8. The minimum Gasteiger partial charge on any atom is -0.494 e. The van der Waals surface area contributed by atoms with Gasteiger partial charge in [-0.05, 0) is 53.2 Å². The molecule has 1 N–H and O–H groups in total. The Labute approximate surface area is 136 Å². The lowest BCUT2D eigenvalue weighted by Gasteiger charge is -2.11. The molecule has 2 aromatic rings. The van der Waals surface area contributed by atoms with Crippen LogP contribution in [0.5, 0.6) is 5.75 Å². The Hall–Kier alpha value is -1.59. The summed E-state index contributed by atoms with van der Waals surface area (Å²) in [7, 11) is 0. The van der Waals surface area contributed by atoms with E-state index in [4.69, 9.17) is 16.3 Å². The lowest BCUT2D eigenvalue weighted by atomic mass is 10.2. The number of benzene rings is 1. The van der Waals surface area contributed by atoms with E-state index < -0.39 is 0 Å². The Kier molecular flexibility index (Phi) is 5.59. The van der Waals surface area contributed by atoms with Crippen LogP contribution in [0.25, 0.3) is 0 Å². The van der Waals surface area contributed by atoms with Crippen molar-refractivity contribution in [2.24, 2.45) is 0 Å². The molecule has 0 fully saturated rings. The van der Waals surface area contributed by atoms with Gasteiger partial charge in [-0.15, -0.1) is 11.6 Å². The van der Waals surface area contributed by atoms with E-state index >= 15 is 0 Å². The summed E-state index contributed by atoms with van der Waals surface area (Å²) < 4.78 is 6.12. The fourth-order valence-electron chi connectivity index (χ4n) is 1.80. The van der Waals surface area contributed by atoms with E-state index in [2.05, 4.69) is 26.2 Å². The minimum atomic E-state index is -0.285. The lowest BCUT2D eigenvalue weighted by Crippen LogP contribution is -2.14. The van der Waals surface area contributed by atoms with E-state index in [9.17, 15) is 4.79 Å². The number of amides is 1. The Morgan fingerprint density at radius 1 is 1.43 bits per heavy atom. The van der Waals surface area contributed by atoms with Gasteiger partial charge in [0.1, 0.15) is 11.4 Å². The molecule has 0 saturated carbocycles. The van der Waals surface area contributed by atoms with Gasteiger partial charge in [0.15, 0.2) is 0 Å².